The third-order valence-electron chi connectivity index (χ3n) is 2.92. The van der Waals surface area contributed by atoms with E-state index in [1.807, 2.05) is 12.1 Å². The van der Waals surface area contributed by atoms with Crippen LogP contribution in [-0.4, -0.2) is 16.7 Å². The van der Waals surface area contributed by atoms with Crippen molar-refractivity contribution in [1.82, 2.24) is 0 Å². The highest BCUT2D eigenvalue weighted by Gasteiger charge is 2.18. The molecule has 2 rings (SSSR count). The predicted octanol–water partition coefficient (Wildman–Crippen LogP) is 3.63. The van der Waals surface area contributed by atoms with Crippen LogP contribution in [0.15, 0.2) is 66.2 Å². The van der Waals surface area contributed by atoms with Gasteiger partial charge in [0.15, 0.2) is 0 Å². The molecule has 0 aliphatic heterocycles. The van der Waals surface area contributed by atoms with Crippen molar-refractivity contribution < 1.29 is 9.90 Å². The molecule has 0 saturated heterocycles. The van der Waals surface area contributed by atoms with Gasteiger partial charge in [0, 0.05) is 17.0 Å². The van der Waals surface area contributed by atoms with Crippen LogP contribution in [0.3, 0.4) is 0 Å². The van der Waals surface area contributed by atoms with E-state index in [0.29, 0.717) is 11.3 Å². The Kier molecular flexibility index (Phi) is 4.51. The first kappa shape index (κ1) is 14.5. The van der Waals surface area contributed by atoms with Gasteiger partial charge in [0.2, 0.25) is 0 Å². The molecule has 0 aromatic heterocycles. The molecule has 0 saturated carbocycles. The Labute approximate surface area is 123 Å². The number of carbonyl (C=O) groups is 1. The van der Waals surface area contributed by atoms with Gasteiger partial charge in [-0.15, -0.1) is 0 Å². The Morgan fingerprint density at radius 3 is 2.05 bits per heavy atom. The van der Waals surface area contributed by atoms with Gasteiger partial charge in [0.25, 0.3) is 5.91 Å². The van der Waals surface area contributed by atoms with Gasteiger partial charge in [0.1, 0.15) is 11.3 Å². The van der Waals surface area contributed by atoms with Crippen molar-refractivity contribution in [2.75, 3.05) is 5.32 Å². The second-order valence-electron chi connectivity index (χ2n) is 4.53. The maximum atomic E-state index is 12.3. The Bertz CT molecular complexity index is 676. The summed E-state index contributed by atoms with van der Waals surface area (Å²) in [5, 5.41) is 20.7. The number of nitrogens with one attached hydrogen (secondary N) is 2. The van der Waals surface area contributed by atoms with Crippen LogP contribution in [0.1, 0.15) is 12.5 Å². The van der Waals surface area contributed by atoms with Crippen molar-refractivity contribution >= 4 is 23.1 Å². The van der Waals surface area contributed by atoms with Gasteiger partial charge in [-0.25, -0.2) is 0 Å². The minimum atomic E-state index is -0.505. The van der Waals surface area contributed by atoms with E-state index in [2.05, 4.69) is 5.32 Å². The zero-order valence-electron chi connectivity index (χ0n) is 11.6. The third kappa shape index (κ3) is 3.57. The van der Waals surface area contributed by atoms with Crippen LogP contribution in [0, 0.1) is 5.41 Å². The molecule has 4 heteroatoms. The maximum absolute atomic E-state index is 12.3. The van der Waals surface area contributed by atoms with Gasteiger partial charge in [-0.05, 0) is 19.1 Å². The molecule has 0 aliphatic carbocycles. The lowest BCUT2D eigenvalue weighted by molar-refractivity contribution is -0.112. The molecule has 0 spiro atoms. The van der Waals surface area contributed by atoms with Gasteiger partial charge in [0.05, 0.1) is 0 Å². The number of amides is 1. The second-order valence-corrected chi connectivity index (χ2v) is 4.53. The molecule has 0 aliphatic rings. The molecular formula is C17H16N2O2. The Morgan fingerprint density at radius 1 is 1.00 bits per heavy atom. The zero-order valence-corrected chi connectivity index (χ0v) is 11.6. The topological polar surface area (TPSA) is 73.2 Å². The van der Waals surface area contributed by atoms with Gasteiger partial charge in [-0.1, -0.05) is 48.5 Å². The van der Waals surface area contributed by atoms with Crippen LogP contribution in [0.25, 0.3) is 5.76 Å². The summed E-state index contributed by atoms with van der Waals surface area (Å²) in [6, 6.07) is 17.6. The van der Waals surface area contributed by atoms with Gasteiger partial charge in [-0.2, -0.15) is 0 Å². The number of anilines is 1. The van der Waals surface area contributed by atoms with Crippen LogP contribution >= 0.6 is 0 Å². The van der Waals surface area contributed by atoms with Crippen molar-refractivity contribution in [3.63, 3.8) is 0 Å². The first-order valence-corrected chi connectivity index (χ1v) is 6.50. The van der Waals surface area contributed by atoms with E-state index in [4.69, 9.17) is 5.41 Å². The van der Waals surface area contributed by atoms with Crippen molar-refractivity contribution in [3.8, 4) is 0 Å². The summed E-state index contributed by atoms with van der Waals surface area (Å²) in [5.74, 6) is -0.702. The number of aliphatic hydroxyl groups is 1. The summed E-state index contributed by atoms with van der Waals surface area (Å²) >= 11 is 0. The van der Waals surface area contributed by atoms with Crippen molar-refractivity contribution in [1.29, 1.82) is 5.41 Å². The fraction of sp³-hybridized carbons (Fsp3) is 0.0588. The molecule has 0 atom stereocenters. The first-order valence-electron chi connectivity index (χ1n) is 6.50. The molecule has 2 aromatic carbocycles. The Morgan fingerprint density at radius 2 is 1.52 bits per heavy atom. The number of para-hydroxylation sites is 1. The zero-order chi connectivity index (χ0) is 15.2. The van der Waals surface area contributed by atoms with E-state index in [-0.39, 0.29) is 17.0 Å². The van der Waals surface area contributed by atoms with E-state index in [9.17, 15) is 9.90 Å². The van der Waals surface area contributed by atoms with Crippen LogP contribution < -0.4 is 5.32 Å². The lowest BCUT2D eigenvalue weighted by Crippen LogP contribution is -2.20. The molecule has 21 heavy (non-hydrogen) atoms. The fourth-order valence-corrected chi connectivity index (χ4v) is 1.91. The lowest BCUT2D eigenvalue weighted by atomic mass is 10.0. The molecule has 3 N–H and O–H groups in total. The number of benzene rings is 2. The highest BCUT2D eigenvalue weighted by atomic mass is 16.3. The molecule has 0 bridgehead atoms. The number of hydrogen-bond acceptors (Lipinski definition) is 3. The van der Waals surface area contributed by atoms with Gasteiger partial charge in [-0.3, -0.25) is 4.79 Å². The molecular weight excluding hydrogens is 264 g/mol. The highest BCUT2D eigenvalue weighted by molar-refractivity contribution is 6.27. The summed E-state index contributed by atoms with van der Waals surface area (Å²) < 4.78 is 0. The SMILES string of the molecule is CC(=N)C(C(=O)Nc1ccccc1)=C(O)c1ccccc1. The molecule has 0 radical (unpaired) electrons. The molecule has 2 aromatic rings. The monoisotopic (exact) mass is 280 g/mol. The summed E-state index contributed by atoms with van der Waals surface area (Å²) in [5.41, 5.74) is 1.08. The summed E-state index contributed by atoms with van der Waals surface area (Å²) in [4.78, 5) is 12.3. The van der Waals surface area contributed by atoms with E-state index in [1.54, 1.807) is 48.5 Å². The molecule has 106 valence electrons. The number of aliphatic hydroxyl groups excluding tert-OH is 1. The van der Waals surface area contributed by atoms with Gasteiger partial charge < -0.3 is 15.8 Å². The third-order valence-corrected chi connectivity index (χ3v) is 2.92. The second kappa shape index (κ2) is 6.52. The summed E-state index contributed by atoms with van der Waals surface area (Å²) in [6.07, 6.45) is 0. The largest absolute Gasteiger partial charge is 0.506 e. The van der Waals surface area contributed by atoms with Crippen LogP contribution in [0.2, 0.25) is 0 Å². The van der Waals surface area contributed by atoms with E-state index in [1.165, 1.54) is 6.92 Å². The summed E-state index contributed by atoms with van der Waals surface area (Å²) in [6.45, 7) is 1.47. The van der Waals surface area contributed by atoms with E-state index in [0.717, 1.165) is 0 Å². The maximum Gasteiger partial charge on any atom is 0.261 e. The lowest BCUT2D eigenvalue weighted by Gasteiger charge is -2.11. The smallest absolute Gasteiger partial charge is 0.261 e. The minimum Gasteiger partial charge on any atom is -0.506 e. The van der Waals surface area contributed by atoms with Crippen LogP contribution in [0.4, 0.5) is 5.69 Å². The number of rotatable bonds is 4. The van der Waals surface area contributed by atoms with Gasteiger partial charge >= 0.3 is 0 Å². The number of hydrogen-bond donors (Lipinski definition) is 3. The average molecular weight is 280 g/mol. The molecule has 1 amide bonds. The van der Waals surface area contributed by atoms with Crippen LogP contribution in [0.5, 0.6) is 0 Å². The highest BCUT2D eigenvalue weighted by Crippen LogP contribution is 2.18. The molecule has 0 fully saturated rings. The standard InChI is InChI=1S/C17H16N2O2/c1-12(18)15(16(20)13-8-4-2-5-9-13)17(21)19-14-10-6-3-7-11-14/h2-11,18,20H,1H3,(H,19,21). The quantitative estimate of drug-likeness (QED) is 0.454. The Hall–Kier alpha value is -2.88. The van der Waals surface area contributed by atoms with E-state index >= 15 is 0 Å². The van der Waals surface area contributed by atoms with Crippen LogP contribution in [-0.2, 0) is 4.79 Å². The molecule has 0 heterocycles. The Balaban J connectivity index is 2.35. The van der Waals surface area contributed by atoms with E-state index < -0.39 is 5.91 Å². The average Bonchev–Trinajstić information content (AvgIpc) is 2.49. The van der Waals surface area contributed by atoms with Crippen molar-refractivity contribution in [3.05, 3.63) is 71.8 Å². The van der Waals surface area contributed by atoms with Crippen molar-refractivity contribution in [2.24, 2.45) is 0 Å². The molecule has 0 unspecified atom stereocenters. The summed E-state index contributed by atoms with van der Waals surface area (Å²) in [7, 11) is 0. The normalized spacial score (nSPS) is 11.5. The van der Waals surface area contributed by atoms with Crippen molar-refractivity contribution in [2.45, 2.75) is 6.92 Å². The predicted molar refractivity (Wildman–Crippen MR) is 84.5 cm³/mol. The minimum absolute atomic E-state index is 0.00443. The molecule has 4 nitrogen and oxygen atoms in total. The first-order chi connectivity index (χ1) is 10.1. The fourth-order valence-electron chi connectivity index (χ4n) is 1.91. The number of carbonyl (C=O) groups excluding carboxylic acids is 1.